The highest BCUT2D eigenvalue weighted by atomic mass is 16.2. The van der Waals surface area contributed by atoms with E-state index in [0.717, 1.165) is 17.5 Å². The van der Waals surface area contributed by atoms with Gasteiger partial charge in [-0.2, -0.15) is 5.10 Å². The van der Waals surface area contributed by atoms with Crippen LogP contribution < -0.4 is 21.5 Å². The first kappa shape index (κ1) is 16.5. The summed E-state index contributed by atoms with van der Waals surface area (Å²) in [6.07, 6.45) is 0.720. The van der Waals surface area contributed by atoms with E-state index >= 15 is 0 Å². The molecule has 0 unspecified atom stereocenters. The fraction of sp³-hybridized carbons (Fsp3) is 0.167. The molecule has 0 radical (unpaired) electrons. The summed E-state index contributed by atoms with van der Waals surface area (Å²) in [5, 5.41) is 16.6. The molecule has 0 spiro atoms. The summed E-state index contributed by atoms with van der Waals surface area (Å²) in [4.78, 5) is 23.5. The van der Waals surface area contributed by atoms with E-state index in [1.165, 1.54) is 0 Å². The van der Waals surface area contributed by atoms with Gasteiger partial charge in [-0.25, -0.2) is 9.89 Å². The summed E-state index contributed by atoms with van der Waals surface area (Å²) < 4.78 is 0. The second-order valence-corrected chi connectivity index (χ2v) is 5.47. The molecule has 0 saturated heterocycles. The van der Waals surface area contributed by atoms with Gasteiger partial charge in [-0.05, 0) is 24.6 Å². The first-order valence-corrected chi connectivity index (χ1v) is 8.05. The molecule has 0 bridgehead atoms. The Balaban J connectivity index is 1.45. The lowest BCUT2D eigenvalue weighted by atomic mass is 10.2. The van der Waals surface area contributed by atoms with Crippen molar-refractivity contribution < 1.29 is 4.79 Å². The molecule has 0 fully saturated rings. The van der Waals surface area contributed by atoms with Crippen LogP contribution in [0.25, 0.3) is 10.8 Å². The molecule has 0 aliphatic rings. The van der Waals surface area contributed by atoms with Gasteiger partial charge in [0.25, 0.3) is 5.56 Å². The topological polar surface area (TPSA) is 98.9 Å². The third-order valence-corrected chi connectivity index (χ3v) is 3.66. The summed E-state index contributed by atoms with van der Waals surface area (Å²) in [6.45, 7) is 1.14. The van der Waals surface area contributed by atoms with E-state index in [1.54, 1.807) is 6.07 Å². The lowest BCUT2D eigenvalue weighted by Crippen LogP contribution is -2.30. The van der Waals surface area contributed by atoms with Gasteiger partial charge in [0.1, 0.15) is 0 Å². The third-order valence-electron chi connectivity index (χ3n) is 3.66. The van der Waals surface area contributed by atoms with E-state index in [-0.39, 0.29) is 11.6 Å². The fourth-order valence-corrected chi connectivity index (χ4v) is 2.44. The van der Waals surface area contributed by atoms with Crippen molar-refractivity contribution in [3.05, 3.63) is 65.0 Å². The average Bonchev–Trinajstić information content (AvgIpc) is 2.64. The maximum atomic E-state index is 11.8. The van der Waals surface area contributed by atoms with E-state index in [9.17, 15) is 9.59 Å². The Bertz CT molecular complexity index is 908. The Morgan fingerprint density at radius 3 is 2.48 bits per heavy atom. The maximum absolute atomic E-state index is 11.8. The number of carbonyl (C=O) groups excluding carboxylic acids is 1. The number of nitrogens with one attached hydrogen (secondary N) is 4. The van der Waals surface area contributed by atoms with Crippen molar-refractivity contribution in [3.63, 3.8) is 0 Å². The molecule has 0 atom stereocenters. The molecule has 2 aromatic carbocycles. The quantitative estimate of drug-likeness (QED) is 0.520. The van der Waals surface area contributed by atoms with Gasteiger partial charge in [0, 0.05) is 24.2 Å². The minimum atomic E-state index is -0.237. The number of aromatic amines is 1. The van der Waals surface area contributed by atoms with Gasteiger partial charge < -0.3 is 16.0 Å². The second-order valence-electron chi connectivity index (χ2n) is 5.47. The van der Waals surface area contributed by atoms with Crippen LogP contribution >= 0.6 is 0 Å². The van der Waals surface area contributed by atoms with Crippen molar-refractivity contribution in [2.24, 2.45) is 0 Å². The number of nitrogens with zero attached hydrogens (tertiary/aromatic N) is 1. The molecule has 0 saturated carbocycles. The lowest BCUT2D eigenvalue weighted by molar-refractivity contribution is 0.252. The predicted molar refractivity (Wildman–Crippen MR) is 98.9 cm³/mol. The molecular formula is C18H19N5O2. The van der Waals surface area contributed by atoms with Crippen LogP contribution in [0.1, 0.15) is 6.42 Å². The van der Waals surface area contributed by atoms with E-state index in [2.05, 4.69) is 26.1 Å². The summed E-state index contributed by atoms with van der Waals surface area (Å²) in [5.74, 6) is 0.629. The predicted octanol–water partition coefficient (Wildman–Crippen LogP) is 2.55. The Labute approximate surface area is 144 Å². The summed E-state index contributed by atoms with van der Waals surface area (Å²) in [6, 6.07) is 16.3. The van der Waals surface area contributed by atoms with E-state index in [1.807, 2.05) is 48.5 Å². The molecule has 3 aromatic rings. The van der Waals surface area contributed by atoms with Crippen LogP contribution in [0.5, 0.6) is 0 Å². The Morgan fingerprint density at radius 1 is 0.960 bits per heavy atom. The number of urea groups is 1. The number of hydrogen-bond donors (Lipinski definition) is 4. The van der Waals surface area contributed by atoms with Crippen molar-refractivity contribution >= 4 is 28.3 Å². The Kier molecular flexibility index (Phi) is 5.26. The number of fused-ring (bicyclic) bond motifs is 1. The van der Waals surface area contributed by atoms with Crippen molar-refractivity contribution in [1.29, 1.82) is 0 Å². The normalized spacial score (nSPS) is 10.4. The SMILES string of the molecule is O=C(NCCCNc1n[nH]c(=O)c2ccccc12)Nc1ccccc1. The van der Waals surface area contributed by atoms with Crippen LogP contribution in [-0.2, 0) is 0 Å². The zero-order valence-corrected chi connectivity index (χ0v) is 13.6. The number of H-pyrrole nitrogens is 1. The minimum Gasteiger partial charge on any atom is -0.368 e. The molecule has 2 amide bonds. The van der Waals surface area contributed by atoms with E-state index in [0.29, 0.717) is 24.3 Å². The number of anilines is 2. The molecule has 1 heterocycles. The standard InChI is InChI=1S/C18H19N5O2/c24-17-15-10-5-4-9-14(15)16(22-23-17)19-11-6-12-20-18(25)21-13-7-2-1-3-8-13/h1-5,7-10H,6,11-12H2,(H,19,22)(H,23,24)(H2,20,21,25). The van der Waals surface area contributed by atoms with Gasteiger partial charge in [-0.15, -0.1) is 0 Å². The number of carbonyl (C=O) groups is 1. The number of para-hydroxylation sites is 1. The van der Waals surface area contributed by atoms with Crippen LogP contribution in [-0.4, -0.2) is 29.3 Å². The van der Waals surface area contributed by atoms with Crippen molar-refractivity contribution in [3.8, 4) is 0 Å². The highest BCUT2D eigenvalue weighted by molar-refractivity contribution is 5.90. The van der Waals surface area contributed by atoms with Crippen LogP contribution in [0.15, 0.2) is 59.4 Å². The molecule has 0 aliphatic carbocycles. The number of amides is 2. The smallest absolute Gasteiger partial charge is 0.319 e. The average molecular weight is 337 g/mol. The van der Waals surface area contributed by atoms with Crippen LogP contribution in [0.4, 0.5) is 16.3 Å². The Hall–Kier alpha value is -3.35. The van der Waals surface area contributed by atoms with E-state index < -0.39 is 0 Å². The summed E-state index contributed by atoms with van der Waals surface area (Å²) in [7, 11) is 0. The number of hydrogen-bond acceptors (Lipinski definition) is 4. The number of aromatic nitrogens is 2. The summed E-state index contributed by atoms with van der Waals surface area (Å²) >= 11 is 0. The highest BCUT2D eigenvalue weighted by Gasteiger charge is 2.05. The molecule has 128 valence electrons. The largest absolute Gasteiger partial charge is 0.368 e. The monoisotopic (exact) mass is 337 g/mol. The fourth-order valence-electron chi connectivity index (χ4n) is 2.44. The van der Waals surface area contributed by atoms with Crippen LogP contribution in [0.3, 0.4) is 0 Å². The van der Waals surface area contributed by atoms with Crippen LogP contribution in [0.2, 0.25) is 0 Å². The molecule has 25 heavy (non-hydrogen) atoms. The first-order valence-electron chi connectivity index (χ1n) is 8.05. The zero-order chi connectivity index (χ0) is 17.5. The lowest BCUT2D eigenvalue weighted by Gasteiger charge is -2.09. The van der Waals surface area contributed by atoms with Gasteiger partial charge in [-0.1, -0.05) is 36.4 Å². The van der Waals surface area contributed by atoms with Gasteiger partial charge in [0.15, 0.2) is 5.82 Å². The van der Waals surface area contributed by atoms with Gasteiger partial charge in [-0.3, -0.25) is 4.79 Å². The number of rotatable bonds is 6. The molecular weight excluding hydrogens is 318 g/mol. The number of benzene rings is 2. The zero-order valence-electron chi connectivity index (χ0n) is 13.6. The van der Waals surface area contributed by atoms with Crippen molar-refractivity contribution in [1.82, 2.24) is 15.5 Å². The molecule has 0 aliphatic heterocycles. The van der Waals surface area contributed by atoms with E-state index in [4.69, 9.17) is 0 Å². The third kappa shape index (κ3) is 4.35. The van der Waals surface area contributed by atoms with Gasteiger partial charge in [0.05, 0.1) is 5.39 Å². The van der Waals surface area contributed by atoms with Crippen molar-refractivity contribution in [2.75, 3.05) is 23.7 Å². The maximum Gasteiger partial charge on any atom is 0.319 e. The minimum absolute atomic E-state index is 0.208. The highest BCUT2D eigenvalue weighted by Crippen LogP contribution is 2.16. The molecule has 7 heteroatoms. The molecule has 1 aromatic heterocycles. The van der Waals surface area contributed by atoms with Crippen LogP contribution in [0, 0.1) is 0 Å². The molecule has 7 nitrogen and oxygen atoms in total. The molecule has 4 N–H and O–H groups in total. The first-order chi connectivity index (χ1) is 12.2. The van der Waals surface area contributed by atoms with Gasteiger partial charge >= 0.3 is 6.03 Å². The second kappa shape index (κ2) is 7.96. The Morgan fingerprint density at radius 2 is 1.68 bits per heavy atom. The molecule has 3 rings (SSSR count). The van der Waals surface area contributed by atoms with Crippen molar-refractivity contribution in [2.45, 2.75) is 6.42 Å². The summed E-state index contributed by atoms with van der Waals surface area (Å²) in [5.41, 5.74) is 0.544. The van der Waals surface area contributed by atoms with Gasteiger partial charge in [0.2, 0.25) is 0 Å².